The number of aryl methyl sites for hydroxylation is 2. The second-order valence-corrected chi connectivity index (χ2v) is 5.80. The number of Topliss-reactive ketones (excluding diaryl/α,β-unsaturated/α-hetero) is 1. The van der Waals surface area contributed by atoms with Gasteiger partial charge in [-0.25, -0.2) is 9.78 Å². The van der Waals surface area contributed by atoms with Crippen molar-refractivity contribution in [3.05, 3.63) is 44.4 Å². The van der Waals surface area contributed by atoms with Gasteiger partial charge >= 0.3 is 5.97 Å². The first-order valence-electron chi connectivity index (χ1n) is 6.01. The Kier molecular flexibility index (Phi) is 4.59. The molecule has 0 spiro atoms. The summed E-state index contributed by atoms with van der Waals surface area (Å²) in [5.41, 5.74) is 1.15. The molecule has 1 heterocycles. The minimum absolute atomic E-state index is 0.0704. The highest BCUT2D eigenvalue weighted by Gasteiger charge is 2.19. The molecule has 0 radical (unpaired) electrons. The van der Waals surface area contributed by atoms with Crippen LogP contribution in [0.25, 0.3) is 0 Å². The van der Waals surface area contributed by atoms with Crippen LogP contribution in [0.1, 0.15) is 30.7 Å². The minimum atomic E-state index is -1.08. The third-order valence-electron chi connectivity index (χ3n) is 2.73. The molecule has 2 aromatic rings. The zero-order valence-corrected chi connectivity index (χ0v) is 12.9. The molecule has 0 unspecified atom stereocenters. The minimum Gasteiger partial charge on any atom is -0.485 e. The Morgan fingerprint density at radius 1 is 1.38 bits per heavy atom. The summed E-state index contributed by atoms with van der Waals surface area (Å²) in [6, 6.07) is 5.09. The molecule has 7 heteroatoms. The monoisotopic (exact) mass is 325 g/mol. The van der Waals surface area contributed by atoms with Gasteiger partial charge in [-0.2, -0.15) is 0 Å². The Morgan fingerprint density at radius 3 is 2.67 bits per heavy atom. The number of hydrogen-bond donors (Lipinski definition) is 1. The lowest BCUT2D eigenvalue weighted by molar-refractivity contribution is 0.0701. The van der Waals surface area contributed by atoms with Gasteiger partial charge in [-0.1, -0.05) is 11.6 Å². The maximum absolute atomic E-state index is 12.0. The Labute approximate surface area is 130 Å². The van der Waals surface area contributed by atoms with Crippen molar-refractivity contribution in [3.63, 3.8) is 0 Å². The number of hydrogen-bond acceptors (Lipinski definition) is 5. The molecule has 110 valence electrons. The van der Waals surface area contributed by atoms with Crippen molar-refractivity contribution in [1.29, 1.82) is 0 Å². The first kappa shape index (κ1) is 15.5. The van der Waals surface area contributed by atoms with Gasteiger partial charge in [-0.3, -0.25) is 4.79 Å². The number of carboxylic acids is 1. The van der Waals surface area contributed by atoms with E-state index in [1.807, 2.05) is 6.92 Å². The second kappa shape index (κ2) is 6.24. The highest BCUT2D eigenvalue weighted by atomic mass is 35.5. The number of halogens is 1. The number of carbonyl (C=O) groups excluding carboxylic acids is 1. The molecule has 21 heavy (non-hydrogen) atoms. The number of nitrogens with zero attached hydrogens (tertiary/aromatic N) is 1. The van der Waals surface area contributed by atoms with Gasteiger partial charge in [0.05, 0.1) is 5.69 Å². The second-order valence-electron chi connectivity index (χ2n) is 4.36. The van der Waals surface area contributed by atoms with Crippen molar-refractivity contribution >= 4 is 34.7 Å². The van der Waals surface area contributed by atoms with Gasteiger partial charge in [0, 0.05) is 5.02 Å². The van der Waals surface area contributed by atoms with Crippen LogP contribution in [0.4, 0.5) is 0 Å². The van der Waals surface area contributed by atoms with Crippen LogP contribution in [0.15, 0.2) is 18.2 Å². The standard InChI is InChI=1S/C14H12ClNO4S/c1-7-5-9(15)3-4-11(7)20-6-10(17)13-16-8(2)12(21-13)14(18)19/h3-5H,6H2,1-2H3,(H,18,19). The number of benzene rings is 1. The van der Waals surface area contributed by atoms with Gasteiger partial charge in [0.1, 0.15) is 10.6 Å². The molecule has 5 nitrogen and oxygen atoms in total. The van der Waals surface area contributed by atoms with Crippen LogP contribution < -0.4 is 4.74 Å². The molecule has 0 fully saturated rings. The first-order valence-corrected chi connectivity index (χ1v) is 7.21. The molecule has 0 saturated heterocycles. The normalized spacial score (nSPS) is 10.4. The topological polar surface area (TPSA) is 76.5 Å². The fourth-order valence-corrected chi connectivity index (χ4v) is 2.75. The molecule has 2 rings (SSSR count). The summed E-state index contributed by atoms with van der Waals surface area (Å²) in [5.74, 6) is -0.886. The van der Waals surface area contributed by atoms with Crippen LogP contribution in [0.5, 0.6) is 5.75 Å². The van der Waals surface area contributed by atoms with Crippen molar-refractivity contribution < 1.29 is 19.4 Å². The van der Waals surface area contributed by atoms with Crippen molar-refractivity contribution in [1.82, 2.24) is 4.98 Å². The van der Waals surface area contributed by atoms with E-state index in [1.54, 1.807) is 25.1 Å². The number of ketones is 1. The highest BCUT2D eigenvalue weighted by Crippen LogP contribution is 2.23. The molecule has 0 saturated carbocycles. The van der Waals surface area contributed by atoms with Crippen LogP contribution in [0.2, 0.25) is 5.02 Å². The Balaban J connectivity index is 2.08. The van der Waals surface area contributed by atoms with Crippen molar-refractivity contribution in [2.45, 2.75) is 13.8 Å². The van der Waals surface area contributed by atoms with Crippen LogP contribution in [-0.2, 0) is 0 Å². The summed E-state index contributed by atoms with van der Waals surface area (Å²) in [5, 5.41) is 9.67. The average molecular weight is 326 g/mol. The zero-order valence-electron chi connectivity index (χ0n) is 11.3. The van der Waals surface area contributed by atoms with E-state index in [4.69, 9.17) is 21.4 Å². The fourth-order valence-electron chi connectivity index (χ4n) is 1.69. The lowest BCUT2D eigenvalue weighted by Gasteiger charge is -2.07. The van der Waals surface area contributed by atoms with E-state index in [9.17, 15) is 9.59 Å². The largest absolute Gasteiger partial charge is 0.485 e. The average Bonchev–Trinajstić information content (AvgIpc) is 2.80. The van der Waals surface area contributed by atoms with E-state index < -0.39 is 5.97 Å². The molecule has 0 atom stereocenters. The number of carbonyl (C=O) groups is 2. The third-order valence-corrected chi connectivity index (χ3v) is 4.15. The summed E-state index contributed by atoms with van der Waals surface area (Å²) in [4.78, 5) is 27.0. The van der Waals surface area contributed by atoms with Gasteiger partial charge in [-0.05, 0) is 37.6 Å². The summed E-state index contributed by atoms with van der Waals surface area (Å²) in [6.45, 7) is 3.18. The van der Waals surface area contributed by atoms with Gasteiger partial charge < -0.3 is 9.84 Å². The number of aromatic nitrogens is 1. The van der Waals surface area contributed by atoms with E-state index in [1.165, 1.54) is 0 Å². The highest BCUT2D eigenvalue weighted by molar-refractivity contribution is 7.15. The van der Waals surface area contributed by atoms with Crippen molar-refractivity contribution in [2.24, 2.45) is 0 Å². The molecule has 0 aliphatic carbocycles. The van der Waals surface area contributed by atoms with E-state index in [0.717, 1.165) is 16.9 Å². The molecule has 1 N–H and O–H groups in total. The molecular weight excluding hydrogens is 314 g/mol. The third kappa shape index (κ3) is 3.59. The summed E-state index contributed by atoms with van der Waals surface area (Å²) >= 11 is 6.70. The Bertz CT molecular complexity index is 711. The predicted molar refractivity (Wildman–Crippen MR) is 79.8 cm³/mol. The van der Waals surface area contributed by atoms with E-state index in [0.29, 0.717) is 16.5 Å². The number of aromatic carboxylic acids is 1. The van der Waals surface area contributed by atoms with Crippen LogP contribution >= 0.6 is 22.9 Å². The lowest BCUT2D eigenvalue weighted by Crippen LogP contribution is -2.11. The SMILES string of the molecule is Cc1cc(Cl)ccc1OCC(=O)c1nc(C)c(C(=O)O)s1. The number of carboxylic acid groups (broad SMARTS) is 1. The van der Waals surface area contributed by atoms with Crippen LogP contribution in [-0.4, -0.2) is 28.4 Å². The van der Waals surface area contributed by atoms with Gasteiger partial charge in [0.15, 0.2) is 11.6 Å². The van der Waals surface area contributed by atoms with Crippen LogP contribution in [0.3, 0.4) is 0 Å². The maximum atomic E-state index is 12.0. The lowest BCUT2D eigenvalue weighted by atomic mass is 10.2. The number of ether oxygens (including phenoxy) is 1. The van der Waals surface area contributed by atoms with E-state index in [2.05, 4.69) is 4.98 Å². The molecule has 1 aromatic carbocycles. The fraction of sp³-hybridized carbons (Fsp3) is 0.214. The van der Waals surface area contributed by atoms with Crippen LogP contribution in [0, 0.1) is 13.8 Å². The van der Waals surface area contributed by atoms with Crippen molar-refractivity contribution in [2.75, 3.05) is 6.61 Å². The smallest absolute Gasteiger partial charge is 0.347 e. The Morgan fingerprint density at radius 2 is 2.10 bits per heavy atom. The summed E-state index contributed by atoms with van der Waals surface area (Å²) < 4.78 is 5.43. The first-order chi connectivity index (χ1) is 9.88. The maximum Gasteiger partial charge on any atom is 0.347 e. The zero-order chi connectivity index (χ0) is 15.6. The van der Waals surface area contributed by atoms with E-state index in [-0.39, 0.29) is 22.3 Å². The summed E-state index contributed by atoms with van der Waals surface area (Å²) in [6.07, 6.45) is 0. The predicted octanol–water partition coefficient (Wildman–Crippen LogP) is 3.37. The number of thiazole rings is 1. The quantitative estimate of drug-likeness (QED) is 0.853. The molecular formula is C14H12ClNO4S. The molecule has 0 bridgehead atoms. The molecule has 1 aromatic heterocycles. The number of rotatable bonds is 5. The van der Waals surface area contributed by atoms with Gasteiger partial charge in [-0.15, -0.1) is 11.3 Å². The molecule has 0 aliphatic heterocycles. The Hall–Kier alpha value is -1.92. The van der Waals surface area contributed by atoms with Gasteiger partial charge in [0.2, 0.25) is 5.78 Å². The van der Waals surface area contributed by atoms with Gasteiger partial charge in [0.25, 0.3) is 0 Å². The molecule has 0 aliphatic rings. The van der Waals surface area contributed by atoms with E-state index >= 15 is 0 Å². The van der Waals surface area contributed by atoms with Crippen molar-refractivity contribution in [3.8, 4) is 5.75 Å². The molecule has 0 amide bonds. The summed E-state index contributed by atoms with van der Waals surface area (Å²) in [7, 11) is 0.